The second-order valence-corrected chi connectivity index (χ2v) is 5.61. The smallest absolute Gasteiger partial charge is 0.254 e. The second kappa shape index (κ2) is 6.66. The first-order valence-electron chi connectivity index (χ1n) is 7.53. The normalized spacial score (nSPS) is 16.4. The van der Waals surface area contributed by atoms with Crippen molar-refractivity contribution in [1.82, 2.24) is 15.4 Å². The molecule has 1 aliphatic rings. The van der Waals surface area contributed by atoms with Crippen LogP contribution in [0.15, 0.2) is 49.1 Å². The van der Waals surface area contributed by atoms with E-state index in [1.807, 2.05) is 24.3 Å². The fraction of sp³-hybridized carbons (Fsp3) is 0.353. The van der Waals surface area contributed by atoms with Crippen molar-refractivity contribution in [3.8, 4) is 0 Å². The Morgan fingerprint density at radius 1 is 1.14 bits per heavy atom. The van der Waals surface area contributed by atoms with Gasteiger partial charge in [0.2, 0.25) is 0 Å². The van der Waals surface area contributed by atoms with E-state index in [0.29, 0.717) is 6.61 Å². The molecule has 1 N–H and O–H groups in total. The molecule has 0 radical (unpaired) electrons. The number of amides is 1. The highest BCUT2D eigenvalue weighted by molar-refractivity contribution is 5.87. The van der Waals surface area contributed by atoms with Crippen molar-refractivity contribution >= 4 is 5.91 Å². The number of hydrogen-bond donors (Lipinski definition) is 1. The van der Waals surface area contributed by atoms with Crippen LogP contribution in [0.4, 0.5) is 0 Å². The average Bonchev–Trinajstić information content (AvgIpc) is 3.08. The molecule has 0 saturated heterocycles. The molecule has 0 unspecified atom stereocenters. The average molecular weight is 297 g/mol. The molecule has 1 fully saturated rings. The molecule has 0 atom stereocenters. The maximum Gasteiger partial charge on any atom is 0.254 e. The number of carbonyl (C=O) groups is 1. The Labute approximate surface area is 129 Å². The number of carbonyl (C=O) groups excluding carboxylic acids is 1. The minimum Gasteiger partial charge on any atom is -0.272 e. The monoisotopic (exact) mass is 297 g/mol. The topological polar surface area (TPSA) is 64.1 Å². The van der Waals surface area contributed by atoms with Gasteiger partial charge >= 0.3 is 0 Å². The maximum absolute atomic E-state index is 12.7. The highest BCUT2D eigenvalue weighted by Crippen LogP contribution is 2.41. The van der Waals surface area contributed by atoms with Crippen LogP contribution in [0.1, 0.15) is 36.8 Å². The first kappa shape index (κ1) is 14.7. The van der Waals surface area contributed by atoms with Gasteiger partial charge in [0.05, 0.1) is 5.41 Å². The molecule has 3 rings (SSSR count). The van der Waals surface area contributed by atoms with E-state index >= 15 is 0 Å². The van der Waals surface area contributed by atoms with Gasteiger partial charge in [-0.15, -0.1) is 0 Å². The summed E-state index contributed by atoms with van der Waals surface area (Å²) in [7, 11) is 0. The number of rotatable bonds is 5. The fourth-order valence-electron chi connectivity index (χ4n) is 3.04. The predicted molar refractivity (Wildman–Crippen MR) is 81.6 cm³/mol. The molecule has 5 nitrogen and oxygen atoms in total. The first-order valence-corrected chi connectivity index (χ1v) is 7.53. The Bertz CT molecular complexity index is 610. The van der Waals surface area contributed by atoms with Crippen molar-refractivity contribution in [1.29, 1.82) is 0 Å². The lowest BCUT2D eigenvalue weighted by atomic mass is 9.79. The largest absolute Gasteiger partial charge is 0.272 e. The van der Waals surface area contributed by atoms with Crippen molar-refractivity contribution < 1.29 is 9.63 Å². The lowest BCUT2D eigenvalue weighted by molar-refractivity contribution is -0.140. The van der Waals surface area contributed by atoms with Crippen molar-refractivity contribution in [3.63, 3.8) is 0 Å². The lowest BCUT2D eigenvalue weighted by Gasteiger charge is -2.27. The van der Waals surface area contributed by atoms with E-state index in [-0.39, 0.29) is 5.91 Å². The summed E-state index contributed by atoms with van der Waals surface area (Å²) in [5.41, 5.74) is 4.00. The van der Waals surface area contributed by atoms with E-state index in [1.165, 1.54) is 0 Å². The quantitative estimate of drug-likeness (QED) is 0.861. The summed E-state index contributed by atoms with van der Waals surface area (Å²) >= 11 is 0. The number of pyridine rings is 2. The van der Waals surface area contributed by atoms with Gasteiger partial charge in [-0.25, -0.2) is 5.48 Å². The minimum atomic E-state index is -0.511. The van der Waals surface area contributed by atoms with Crippen LogP contribution in [-0.4, -0.2) is 15.9 Å². The highest BCUT2D eigenvalue weighted by Gasteiger charge is 2.43. The predicted octanol–water partition coefficient (Wildman–Crippen LogP) is 2.54. The Morgan fingerprint density at radius 2 is 1.86 bits per heavy atom. The van der Waals surface area contributed by atoms with Crippen LogP contribution in [0, 0.1) is 0 Å². The summed E-state index contributed by atoms with van der Waals surface area (Å²) in [5, 5.41) is 0. The van der Waals surface area contributed by atoms with Gasteiger partial charge in [-0.05, 0) is 36.1 Å². The number of nitrogens with one attached hydrogen (secondary N) is 1. The molecule has 1 aliphatic carbocycles. The molecular formula is C17H19N3O2. The highest BCUT2D eigenvalue weighted by atomic mass is 16.6. The number of nitrogens with zero attached hydrogens (tertiary/aromatic N) is 2. The van der Waals surface area contributed by atoms with Gasteiger partial charge in [-0.1, -0.05) is 25.0 Å². The summed E-state index contributed by atoms with van der Waals surface area (Å²) in [6.07, 6.45) is 10.7. The van der Waals surface area contributed by atoms with Crippen LogP contribution in [0.25, 0.3) is 0 Å². The molecule has 0 bridgehead atoms. The Hall–Kier alpha value is -2.27. The summed E-state index contributed by atoms with van der Waals surface area (Å²) < 4.78 is 0. The fourth-order valence-corrected chi connectivity index (χ4v) is 3.04. The number of hydrogen-bond acceptors (Lipinski definition) is 4. The zero-order valence-corrected chi connectivity index (χ0v) is 12.4. The van der Waals surface area contributed by atoms with Crippen LogP contribution in [-0.2, 0) is 21.7 Å². The SMILES string of the molecule is O=C(NOCc1cccnc1)C1(c2cccnc2)CCCC1. The molecule has 114 valence electrons. The number of hydroxylamine groups is 1. The van der Waals surface area contributed by atoms with Crippen molar-refractivity contribution in [2.45, 2.75) is 37.7 Å². The van der Waals surface area contributed by atoms with E-state index in [1.54, 1.807) is 24.8 Å². The Morgan fingerprint density at radius 3 is 2.50 bits per heavy atom. The molecule has 5 heteroatoms. The molecule has 2 aromatic rings. The second-order valence-electron chi connectivity index (χ2n) is 5.61. The van der Waals surface area contributed by atoms with Crippen LogP contribution in [0.3, 0.4) is 0 Å². The van der Waals surface area contributed by atoms with Crippen LogP contribution < -0.4 is 5.48 Å². The molecule has 2 heterocycles. The van der Waals surface area contributed by atoms with Crippen LogP contribution in [0.2, 0.25) is 0 Å². The molecular weight excluding hydrogens is 278 g/mol. The third-order valence-electron chi connectivity index (χ3n) is 4.23. The van der Waals surface area contributed by atoms with Crippen molar-refractivity contribution in [2.75, 3.05) is 0 Å². The summed E-state index contributed by atoms with van der Waals surface area (Å²) in [6, 6.07) is 7.60. The molecule has 0 aliphatic heterocycles. The third kappa shape index (κ3) is 2.99. The number of aromatic nitrogens is 2. The zero-order valence-electron chi connectivity index (χ0n) is 12.4. The summed E-state index contributed by atoms with van der Waals surface area (Å²) in [5.74, 6) is -0.0816. The van der Waals surface area contributed by atoms with Gasteiger partial charge in [0.1, 0.15) is 6.61 Å². The summed E-state index contributed by atoms with van der Waals surface area (Å²) in [4.78, 5) is 26.2. The van der Waals surface area contributed by atoms with E-state index in [9.17, 15) is 4.79 Å². The molecule has 0 aromatic carbocycles. The Balaban J connectivity index is 1.66. The standard InChI is InChI=1S/C17H19N3O2/c21-16(20-22-13-14-5-3-9-18-11-14)17(7-1-2-8-17)15-6-4-10-19-12-15/h3-6,9-12H,1-2,7-8,13H2,(H,20,21). The van der Waals surface area contributed by atoms with Gasteiger partial charge in [0.15, 0.2) is 0 Å². The first-order chi connectivity index (χ1) is 10.8. The molecule has 1 amide bonds. The van der Waals surface area contributed by atoms with E-state index in [0.717, 1.165) is 36.8 Å². The van der Waals surface area contributed by atoms with E-state index < -0.39 is 5.41 Å². The summed E-state index contributed by atoms with van der Waals surface area (Å²) in [6.45, 7) is 0.308. The van der Waals surface area contributed by atoms with E-state index in [4.69, 9.17) is 4.84 Å². The van der Waals surface area contributed by atoms with Crippen LogP contribution >= 0.6 is 0 Å². The molecule has 22 heavy (non-hydrogen) atoms. The Kier molecular flexibility index (Phi) is 4.44. The maximum atomic E-state index is 12.7. The van der Waals surface area contributed by atoms with Gasteiger partial charge in [-0.3, -0.25) is 19.6 Å². The van der Waals surface area contributed by atoms with E-state index in [2.05, 4.69) is 15.4 Å². The van der Waals surface area contributed by atoms with Crippen molar-refractivity contribution in [2.24, 2.45) is 0 Å². The molecule has 0 spiro atoms. The van der Waals surface area contributed by atoms with Gasteiger partial charge < -0.3 is 0 Å². The van der Waals surface area contributed by atoms with Gasteiger partial charge in [0.25, 0.3) is 5.91 Å². The van der Waals surface area contributed by atoms with Crippen LogP contribution in [0.5, 0.6) is 0 Å². The molecule has 2 aromatic heterocycles. The zero-order chi connectivity index (χ0) is 15.3. The van der Waals surface area contributed by atoms with Gasteiger partial charge in [0, 0.05) is 24.8 Å². The van der Waals surface area contributed by atoms with Crippen molar-refractivity contribution in [3.05, 3.63) is 60.2 Å². The third-order valence-corrected chi connectivity index (χ3v) is 4.23. The molecule has 1 saturated carbocycles. The lowest BCUT2D eigenvalue weighted by Crippen LogP contribution is -2.42. The minimum absolute atomic E-state index is 0.0816. The van der Waals surface area contributed by atoms with Gasteiger partial charge in [-0.2, -0.15) is 0 Å².